The molecule has 1 aromatic carbocycles. The van der Waals surface area contributed by atoms with E-state index in [2.05, 4.69) is 67.4 Å². The predicted molar refractivity (Wildman–Crippen MR) is 148 cm³/mol. The third kappa shape index (κ3) is 5.01. The summed E-state index contributed by atoms with van der Waals surface area (Å²) in [6, 6.07) is 10.2. The number of carbonyl (C=O) groups is 1. The molecule has 4 aromatic rings. The van der Waals surface area contributed by atoms with Crippen molar-refractivity contribution < 1.29 is 4.79 Å². The van der Waals surface area contributed by atoms with Crippen LogP contribution in [0, 0.1) is 12.8 Å². The second kappa shape index (κ2) is 9.50. The van der Waals surface area contributed by atoms with Crippen molar-refractivity contribution in [2.45, 2.75) is 58.8 Å². The van der Waals surface area contributed by atoms with Crippen LogP contribution in [0.25, 0.3) is 22.3 Å². The van der Waals surface area contributed by atoms with E-state index in [9.17, 15) is 4.79 Å². The smallest absolute Gasteiger partial charge is 0.225 e. The first kappa shape index (κ1) is 24.7. The highest BCUT2D eigenvalue weighted by Gasteiger charge is 2.24. The van der Waals surface area contributed by atoms with Crippen LogP contribution in [0.3, 0.4) is 0 Å². The molecule has 37 heavy (non-hydrogen) atoms. The lowest BCUT2D eigenvalue weighted by atomic mass is 9.85. The van der Waals surface area contributed by atoms with Gasteiger partial charge in [-0.1, -0.05) is 44.5 Å². The zero-order chi connectivity index (χ0) is 26.3. The van der Waals surface area contributed by atoms with Crippen molar-refractivity contribution >= 4 is 34.1 Å². The molecule has 0 spiro atoms. The Labute approximate surface area is 217 Å². The second-order valence-corrected chi connectivity index (χ2v) is 11.1. The first-order chi connectivity index (χ1) is 17.6. The van der Waals surface area contributed by atoms with Gasteiger partial charge in [0, 0.05) is 36.7 Å². The molecule has 0 saturated heterocycles. The number of allylic oxidation sites excluding steroid dienone is 2. The highest BCUT2D eigenvalue weighted by Crippen LogP contribution is 2.37. The Morgan fingerprint density at radius 3 is 2.62 bits per heavy atom. The van der Waals surface area contributed by atoms with Gasteiger partial charge in [-0.15, -0.1) is 0 Å². The van der Waals surface area contributed by atoms with Crippen LogP contribution < -0.4 is 11.1 Å². The minimum atomic E-state index is -0.129. The molecule has 192 valence electrons. The van der Waals surface area contributed by atoms with Crippen LogP contribution in [-0.4, -0.2) is 30.2 Å². The van der Waals surface area contributed by atoms with Crippen molar-refractivity contribution in [1.29, 1.82) is 0 Å². The van der Waals surface area contributed by atoms with Crippen molar-refractivity contribution in [2.75, 3.05) is 11.1 Å². The minimum absolute atomic E-state index is 0.0124. The first-order valence-electron chi connectivity index (χ1n) is 12.8. The maximum Gasteiger partial charge on any atom is 0.225 e. The molecule has 0 aliphatic heterocycles. The summed E-state index contributed by atoms with van der Waals surface area (Å²) in [4.78, 5) is 21.7. The van der Waals surface area contributed by atoms with E-state index in [0.29, 0.717) is 18.1 Å². The van der Waals surface area contributed by atoms with Crippen molar-refractivity contribution in [3.05, 3.63) is 65.8 Å². The van der Waals surface area contributed by atoms with Gasteiger partial charge in [0.2, 0.25) is 5.91 Å². The number of amides is 1. The number of hydrogen-bond acceptors (Lipinski definition) is 5. The summed E-state index contributed by atoms with van der Waals surface area (Å²) in [5, 5.41) is 8.88. The van der Waals surface area contributed by atoms with Crippen LogP contribution in [0.2, 0.25) is 0 Å². The number of aromatic nitrogens is 5. The van der Waals surface area contributed by atoms with Crippen LogP contribution in [0.5, 0.6) is 0 Å². The van der Waals surface area contributed by atoms with E-state index in [4.69, 9.17) is 10.8 Å². The molecule has 3 N–H and O–H groups in total. The van der Waals surface area contributed by atoms with Crippen LogP contribution in [0.4, 0.5) is 11.6 Å². The number of nitrogens with zero attached hydrogens (tertiary/aromatic N) is 5. The number of benzene rings is 1. The van der Waals surface area contributed by atoms with E-state index in [0.717, 1.165) is 47.2 Å². The number of nitrogen functional groups attached to an aromatic ring is 1. The molecular formula is C29H35N7O. The van der Waals surface area contributed by atoms with Crippen molar-refractivity contribution in [3.63, 3.8) is 0 Å². The summed E-state index contributed by atoms with van der Waals surface area (Å²) in [6.45, 7) is 8.44. The number of aryl methyl sites for hydroxylation is 2. The summed E-state index contributed by atoms with van der Waals surface area (Å²) < 4.78 is 3.83. The Bertz CT molecular complexity index is 1490. The van der Waals surface area contributed by atoms with Crippen LogP contribution in [0.15, 0.2) is 48.9 Å². The van der Waals surface area contributed by atoms with Gasteiger partial charge < -0.3 is 15.6 Å². The molecule has 1 aliphatic rings. The lowest BCUT2D eigenvalue weighted by molar-refractivity contribution is -0.117. The minimum Gasteiger partial charge on any atom is -0.383 e. The summed E-state index contributed by atoms with van der Waals surface area (Å²) >= 11 is 0. The Balaban J connectivity index is 1.31. The molecule has 0 radical (unpaired) electrons. The van der Waals surface area contributed by atoms with Gasteiger partial charge in [0.05, 0.1) is 16.8 Å². The van der Waals surface area contributed by atoms with Gasteiger partial charge in [-0.05, 0) is 49.8 Å². The Kier molecular flexibility index (Phi) is 6.35. The highest BCUT2D eigenvalue weighted by molar-refractivity contribution is 5.97. The average Bonchev–Trinajstić information content (AvgIpc) is 3.42. The predicted octanol–water partition coefficient (Wildman–Crippen LogP) is 5.55. The van der Waals surface area contributed by atoms with Crippen LogP contribution >= 0.6 is 0 Å². The molecule has 1 unspecified atom stereocenters. The number of anilines is 2. The fraction of sp³-hybridized carbons (Fsp3) is 0.379. The maximum absolute atomic E-state index is 13.1. The summed E-state index contributed by atoms with van der Waals surface area (Å²) in [6.07, 6.45) is 8.96. The van der Waals surface area contributed by atoms with E-state index < -0.39 is 0 Å². The van der Waals surface area contributed by atoms with Gasteiger partial charge in [-0.25, -0.2) is 14.6 Å². The fourth-order valence-electron chi connectivity index (χ4n) is 4.97. The van der Waals surface area contributed by atoms with Crippen molar-refractivity contribution in [3.8, 4) is 5.69 Å². The van der Waals surface area contributed by atoms with E-state index in [1.165, 1.54) is 17.5 Å². The quantitative estimate of drug-likeness (QED) is 0.376. The number of carbonyl (C=O) groups excluding carboxylic acids is 1. The summed E-state index contributed by atoms with van der Waals surface area (Å²) in [5.74, 6) is 1.50. The Hall–Kier alpha value is -3.94. The molecule has 0 fully saturated rings. The van der Waals surface area contributed by atoms with Gasteiger partial charge >= 0.3 is 0 Å². The lowest BCUT2D eigenvalue weighted by Gasteiger charge is -2.21. The molecular weight excluding hydrogens is 462 g/mol. The largest absolute Gasteiger partial charge is 0.383 e. The SMILES string of the molecule is Cc1ccc(-n2nc(C(C)(C)C)cc2NC(=O)CC2CC=C(c3cn(C)c4ncnc(N)c34)CC2)cc1. The summed E-state index contributed by atoms with van der Waals surface area (Å²) in [5.41, 5.74) is 12.3. The second-order valence-electron chi connectivity index (χ2n) is 11.1. The van der Waals surface area contributed by atoms with E-state index >= 15 is 0 Å². The molecule has 1 aliphatic carbocycles. The van der Waals surface area contributed by atoms with Crippen LogP contribution in [-0.2, 0) is 17.3 Å². The normalized spacial score (nSPS) is 16.1. The summed E-state index contributed by atoms with van der Waals surface area (Å²) in [7, 11) is 1.97. The maximum atomic E-state index is 13.1. The number of fused-ring (bicyclic) bond motifs is 1. The van der Waals surface area contributed by atoms with Crippen LogP contribution in [0.1, 0.15) is 63.3 Å². The number of rotatable bonds is 5. The zero-order valence-corrected chi connectivity index (χ0v) is 22.2. The average molecular weight is 498 g/mol. The van der Waals surface area contributed by atoms with E-state index in [1.807, 2.05) is 34.5 Å². The van der Waals surface area contributed by atoms with E-state index in [-0.39, 0.29) is 17.2 Å². The molecule has 8 heteroatoms. The Morgan fingerprint density at radius 1 is 1.19 bits per heavy atom. The zero-order valence-electron chi connectivity index (χ0n) is 22.2. The number of hydrogen-bond donors (Lipinski definition) is 2. The molecule has 3 aromatic heterocycles. The fourth-order valence-corrected chi connectivity index (χ4v) is 4.97. The van der Waals surface area contributed by atoms with Crippen molar-refractivity contribution in [2.24, 2.45) is 13.0 Å². The molecule has 0 saturated carbocycles. The molecule has 1 amide bonds. The van der Waals surface area contributed by atoms with Gasteiger partial charge in [0.1, 0.15) is 23.6 Å². The molecule has 5 rings (SSSR count). The van der Waals surface area contributed by atoms with Gasteiger partial charge in [-0.3, -0.25) is 4.79 Å². The molecule has 1 atom stereocenters. The number of nitrogens with two attached hydrogens (primary N) is 1. The standard InChI is InChI=1S/C29H35N7O/c1-18-6-12-21(13-7-18)36-24(15-23(34-36)29(2,3)4)33-25(37)14-19-8-10-20(11-9-19)22-16-35(5)28-26(22)27(30)31-17-32-28/h6-7,10,12-13,15-17,19H,8-9,11,14H2,1-5H3,(H,33,37)(H2,30,31,32). The third-order valence-corrected chi connectivity index (χ3v) is 7.15. The van der Waals surface area contributed by atoms with Gasteiger partial charge in [-0.2, -0.15) is 5.10 Å². The van der Waals surface area contributed by atoms with Crippen molar-refractivity contribution in [1.82, 2.24) is 24.3 Å². The first-order valence-corrected chi connectivity index (χ1v) is 12.8. The Morgan fingerprint density at radius 2 is 1.95 bits per heavy atom. The molecule has 3 heterocycles. The highest BCUT2D eigenvalue weighted by atomic mass is 16.1. The topological polar surface area (TPSA) is 104 Å². The molecule has 0 bridgehead atoms. The monoisotopic (exact) mass is 497 g/mol. The van der Waals surface area contributed by atoms with Gasteiger partial charge in [0.15, 0.2) is 0 Å². The number of nitrogens with one attached hydrogen (secondary N) is 1. The molecule has 8 nitrogen and oxygen atoms in total. The van der Waals surface area contributed by atoms with Gasteiger partial charge in [0.25, 0.3) is 0 Å². The van der Waals surface area contributed by atoms with E-state index in [1.54, 1.807) is 0 Å². The lowest BCUT2D eigenvalue weighted by Crippen LogP contribution is -2.19. The third-order valence-electron chi connectivity index (χ3n) is 7.15.